The first kappa shape index (κ1) is 8.95. The zero-order valence-electron chi connectivity index (χ0n) is 6.69. The summed E-state index contributed by atoms with van der Waals surface area (Å²) in [4.78, 5) is 24.2. The molecule has 2 N–H and O–H groups in total. The molecule has 2 aromatic heterocycles. The first-order chi connectivity index (χ1) is 6.59. The van der Waals surface area contributed by atoms with Crippen molar-refractivity contribution < 1.29 is 9.90 Å². The van der Waals surface area contributed by atoms with Crippen LogP contribution >= 0.6 is 15.9 Å². The number of aromatic carboxylic acids is 1. The van der Waals surface area contributed by atoms with Crippen LogP contribution in [0.2, 0.25) is 0 Å². The number of halogens is 1. The van der Waals surface area contributed by atoms with Crippen molar-refractivity contribution in [1.82, 2.24) is 14.6 Å². The molecule has 0 radical (unpaired) electrons. The molecule has 0 aliphatic heterocycles. The van der Waals surface area contributed by atoms with Gasteiger partial charge in [0, 0.05) is 0 Å². The maximum absolute atomic E-state index is 11.2. The molecule has 0 amide bonds. The monoisotopic (exact) mass is 257 g/mol. The topological polar surface area (TPSA) is 87.5 Å². The van der Waals surface area contributed by atoms with Crippen molar-refractivity contribution in [1.29, 1.82) is 0 Å². The third kappa shape index (κ3) is 1.22. The van der Waals surface area contributed by atoms with Crippen LogP contribution in [-0.2, 0) is 0 Å². The molecule has 2 heterocycles. The van der Waals surface area contributed by atoms with Crippen LogP contribution in [0.15, 0.2) is 21.7 Å². The highest BCUT2D eigenvalue weighted by atomic mass is 79.9. The minimum Gasteiger partial charge on any atom is -0.477 e. The largest absolute Gasteiger partial charge is 0.477 e. The molecule has 72 valence electrons. The second-order valence-electron chi connectivity index (χ2n) is 2.59. The van der Waals surface area contributed by atoms with Gasteiger partial charge in [0.15, 0.2) is 0 Å². The number of hydrogen-bond acceptors (Lipinski definition) is 3. The number of carboxylic acid groups (broad SMARTS) is 1. The molecular formula is C7H4BrN3O3. The molecule has 0 atom stereocenters. The number of rotatable bonds is 1. The number of nitrogens with zero attached hydrogens (tertiary/aromatic N) is 2. The molecule has 2 aromatic rings. The minimum atomic E-state index is -1.28. The number of aromatic amines is 1. The van der Waals surface area contributed by atoms with Crippen molar-refractivity contribution in [3.8, 4) is 0 Å². The predicted octanol–water partition coefficient (Wildman–Crippen LogP) is 0.483. The Kier molecular flexibility index (Phi) is 1.88. The Bertz CT molecular complexity index is 571. The van der Waals surface area contributed by atoms with E-state index in [1.165, 1.54) is 16.9 Å². The summed E-state index contributed by atoms with van der Waals surface area (Å²) in [6.45, 7) is 0. The maximum atomic E-state index is 11.2. The van der Waals surface area contributed by atoms with Gasteiger partial charge in [0.05, 0.1) is 16.9 Å². The van der Waals surface area contributed by atoms with E-state index in [4.69, 9.17) is 5.11 Å². The van der Waals surface area contributed by atoms with E-state index >= 15 is 0 Å². The van der Waals surface area contributed by atoms with Gasteiger partial charge < -0.3 is 10.1 Å². The van der Waals surface area contributed by atoms with Crippen LogP contribution in [0, 0.1) is 0 Å². The molecule has 2 rings (SSSR count). The Balaban J connectivity index is 2.86. The van der Waals surface area contributed by atoms with Crippen molar-refractivity contribution in [2.75, 3.05) is 0 Å². The molecular weight excluding hydrogens is 254 g/mol. The number of fused-ring (bicyclic) bond motifs is 1. The Labute approximate surface area is 85.3 Å². The smallest absolute Gasteiger partial charge is 0.342 e. The van der Waals surface area contributed by atoms with Crippen LogP contribution in [0.25, 0.3) is 5.65 Å². The van der Waals surface area contributed by atoms with Crippen molar-refractivity contribution >= 4 is 27.5 Å². The highest BCUT2D eigenvalue weighted by Gasteiger charge is 2.11. The number of H-pyrrole nitrogens is 1. The summed E-state index contributed by atoms with van der Waals surface area (Å²) >= 11 is 3.16. The van der Waals surface area contributed by atoms with E-state index < -0.39 is 11.5 Å². The molecule has 0 saturated carbocycles. The fourth-order valence-corrected chi connectivity index (χ4v) is 1.44. The van der Waals surface area contributed by atoms with Gasteiger partial charge >= 0.3 is 5.97 Å². The van der Waals surface area contributed by atoms with Crippen molar-refractivity contribution in [3.05, 3.63) is 32.8 Å². The van der Waals surface area contributed by atoms with Gasteiger partial charge in [0.2, 0.25) is 0 Å². The number of nitrogens with one attached hydrogen (secondary N) is 1. The van der Waals surface area contributed by atoms with Crippen molar-refractivity contribution in [3.63, 3.8) is 0 Å². The Hall–Kier alpha value is -1.63. The lowest BCUT2D eigenvalue weighted by atomic mass is 10.3. The van der Waals surface area contributed by atoms with E-state index in [0.29, 0.717) is 10.1 Å². The second-order valence-corrected chi connectivity index (χ2v) is 3.44. The summed E-state index contributed by atoms with van der Waals surface area (Å²) in [6, 6.07) is 0. The molecule has 0 aliphatic rings. The maximum Gasteiger partial charge on any atom is 0.342 e. The molecule has 0 aromatic carbocycles. The van der Waals surface area contributed by atoms with Crippen LogP contribution in [0.5, 0.6) is 0 Å². The molecule has 6 nitrogen and oxygen atoms in total. The number of carboxylic acids is 1. The van der Waals surface area contributed by atoms with Gasteiger partial charge in [-0.05, 0) is 15.9 Å². The van der Waals surface area contributed by atoms with Gasteiger partial charge in [-0.15, -0.1) is 0 Å². The highest BCUT2D eigenvalue weighted by molar-refractivity contribution is 9.10. The summed E-state index contributed by atoms with van der Waals surface area (Å²) in [5.74, 6) is -1.28. The molecule has 14 heavy (non-hydrogen) atoms. The van der Waals surface area contributed by atoms with Crippen LogP contribution in [0.1, 0.15) is 10.4 Å². The summed E-state index contributed by atoms with van der Waals surface area (Å²) < 4.78 is 1.89. The lowest BCUT2D eigenvalue weighted by Gasteiger charge is -1.95. The summed E-state index contributed by atoms with van der Waals surface area (Å²) in [5, 5.41) is 12.5. The Morgan fingerprint density at radius 3 is 3.00 bits per heavy atom. The van der Waals surface area contributed by atoms with Gasteiger partial charge in [-0.3, -0.25) is 4.79 Å². The zero-order chi connectivity index (χ0) is 10.3. The molecule has 0 bridgehead atoms. The van der Waals surface area contributed by atoms with E-state index in [9.17, 15) is 9.59 Å². The fourth-order valence-electron chi connectivity index (χ4n) is 1.06. The summed E-state index contributed by atoms with van der Waals surface area (Å²) in [6.07, 6.45) is 2.64. The SMILES string of the molecule is O=C(O)c1cn2ncc(Br)c2[nH]c1=O. The number of hydrogen-bond donors (Lipinski definition) is 2. The quantitative estimate of drug-likeness (QED) is 0.778. The average molecular weight is 258 g/mol. The van der Waals surface area contributed by atoms with Crippen LogP contribution in [0.3, 0.4) is 0 Å². The van der Waals surface area contributed by atoms with Gasteiger partial charge in [-0.2, -0.15) is 5.10 Å². The standard InChI is InChI=1S/C7H4BrN3O3/c8-4-1-9-11-2-3(7(13)14)6(12)10-5(4)11/h1-2H,(H,10,12)(H,13,14). The van der Waals surface area contributed by atoms with Gasteiger partial charge in [0.1, 0.15) is 11.2 Å². The van der Waals surface area contributed by atoms with E-state index in [-0.39, 0.29) is 5.56 Å². The van der Waals surface area contributed by atoms with Crippen LogP contribution in [0.4, 0.5) is 0 Å². The van der Waals surface area contributed by atoms with E-state index in [2.05, 4.69) is 26.0 Å². The molecule has 0 spiro atoms. The Morgan fingerprint density at radius 1 is 1.64 bits per heavy atom. The predicted molar refractivity (Wildman–Crippen MR) is 50.5 cm³/mol. The third-order valence-electron chi connectivity index (χ3n) is 1.71. The van der Waals surface area contributed by atoms with Gasteiger partial charge in [0.25, 0.3) is 5.56 Å². The van der Waals surface area contributed by atoms with Crippen LogP contribution < -0.4 is 5.56 Å². The minimum absolute atomic E-state index is 0.340. The average Bonchev–Trinajstić information content (AvgIpc) is 2.46. The molecule has 0 fully saturated rings. The van der Waals surface area contributed by atoms with E-state index in [1.54, 1.807) is 0 Å². The Morgan fingerprint density at radius 2 is 2.36 bits per heavy atom. The molecule has 0 saturated heterocycles. The number of aromatic nitrogens is 3. The zero-order valence-corrected chi connectivity index (χ0v) is 8.28. The van der Waals surface area contributed by atoms with Gasteiger partial charge in [-0.25, -0.2) is 9.31 Å². The second kappa shape index (κ2) is 2.95. The fraction of sp³-hybridized carbons (Fsp3) is 0. The lowest BCUT2D eigenvalue weighted by Crippen LogP contribution is -2.19. The van der Waals surface area contributed by atoms with Crippen LogP contribution in [-0.4, -0.2) is 25.7 Å². The lowest BCUT2D eigenvalue weighted by molar-refractivity contribution is 0.0694. The first-order valence-electron chi connectivity index (χ1n) is 3.59. The number of carbonyl (C=O) groups is 1. The molecule has 7 heteroatoms. The highest BCUT2D eigenvalue weighted by Crippen LogP contribution is 2.13. The first-order valence-corrected chi connectivity index (χ1v) is 4.38. The van der Waals surface area contributed by atoms with Gasteiger partial charge in [-0.1, -0.05) is 0 Å². The summed E-state index contributed by atoms with van der Waals surface area (Å²) in [7, 11) is 0. The summed E-state index contributed by atoms with van der Waals surface area (Å²) in [5.41, 5.74) is -0.556. The van der Waals surface area contributed by atoms with Crippen molar-refractivity contribution in [2.45, 2.75) is 0 Å². The van der Waals surface area contributed by atoms with Crippen molar-refractivity contribution in [2.24, 2.45) is 0 Å². The molecule has 0 aliphatic carbocycles. The van der Waals surface area contributed by atoms with E-state index in [0.717, 1.165) is 0 Å². The normalized spacial score (nSPS) is 10.6. The van der Waals surface area contributed by atoms with E-state index in [1.807, 2.05) is 0 Å². The third-order valence-corrected chi connectivity index (χ3v) is 2.29. The molecule has 0 unspecified atom stereocenters.